The fraction of sp³-hybridized carbons (Fsp3) is 0.211. The van der Waals surface area contributed by atoms with E-state index in [1.807, 2.05) is 30.3 Å². The number of carbonyl (C=O) groups excluding carboxylic acids is 1. The van der Waals surface area contributed by atoms with Gasteiger partial charge in [0.15, 0.2) is 0 Å². The van der Waals surface area contributed by atoms with Crippen molar-refractivity contribution in [2.45, 2.75) is 26.2 Å². The number of aryl methyl sites for hydroxylation is 1. The van der Waals surface area contributed by atoms with Crippen molar-refractivity contribution in [2.75, 3.05) is 5.32 Å². The van der Waals surface area contributed by atoms with Crippen molar-refractivity contribution >= 4 is 22.4 Å². The summed E-state index contributed by atoms with van der Waals surface area (Å²) in [6, 6.07) is 15.0. The fourth-order valence-corrected chi connectivity index (χ4v) is 2.71. The van der Waals surface area contributed by atoms with Crippen LogP contribution in [0.4, 0.5) is 5.69 Å². The lowest BCUT2D eigenvalue weighted by molar-refractivity contribution is -0.115. The smallest absolute Gasteiger partial charge is 0.272 e. The van der Waals surface area contributed by atoms with E-state index in [0.717, 1.165) is 18.5 Å². The van der Waals surface area contributed by atoms with E-state index >= 15 is 0 Å². The molecule has 0 unspecified atom stereocenters. The highest BCUT2D eigenvalue weighted by molar-refractivity contribution is 5.95. The van der Waals surface area contributed by atoms with E-state index < -0.39 is 0 Å². The van der Waals surface area contributed by atoms with Crippen molar-refractivity contribution in [1.29, 1.82) is 0 Å². The molecule has 2 N–H and O–H groups in total. The molecule has 0 aliphatic carbocycles. The number of aromatic amines is 1. The van der Waals surface area contributed by atoms with Gasteiger partial charge in [0.2, 0.25) is 5.91 Å². The normalized spacial score (nSPS) is 10.7. The summed E-state index contributed by atoms with van der Waals surface area (Å²) in [6.07, 6.45) is 2.23. The van der Waals surface area contributed by atoms with Gasteiger partial charge in [0.1, 0.15) is 0 Å². The predicted molar refractivity (Wildman–Crippen MR) is 95.1 cm³/mol. The Morgan fingerprint density at radius 1 is 1.08 bits per heavy atom. The van der Waals surface area contributed by atoms with Gasteiger partial charge in [-0.15, -0.1) is 0 Å². The van der Waals surface area contributed by atoms with Crippen LogP contribution in [0.1, 0.15) is 24.6 Å². The Hall–Kier alpha value is -2.95. The minimum Gasteiger partial charge on any atom is -0.326 e. The second-order valence-corrected chi connectivity index (χ2v) is 5.72. The van der Waals surface area contributed by atoms with Crippen LogP contribution in [0.15, 0.2) is 53.3 Å². The van der Waals surface area contributed by atoms with Gasteiger partial charge in [0.25, 0.3) is 5.56 Å². The minimum absolute atomic E-state index is 0.105. The lowest BCUT2D eigenvalue weighted by Crippen LogP contribution is -2.18. The van der Waals surface area contributed by atoms with Crippen LogP contribution in [0.25, 0.3) is 10.8 Å². The Bertz CT molecular complexity index is 914. The van der Waals surface area contributed by atoms with Gasteiger partial charge in [-0.3, -0.25) is 9.59 Å². The Kier molecular flexibility index (Phi) is 4.70. The van der Waals surface area contributed by atoms with Gasteiger partial charge in [0.05, 0.1) is 17.5 Å². The van der Waals surface area contributed by atoms with Crippen LogP contribution in [0.5, 0.6) is 0 Å². The number of carbonyl (C=O) groups is 1. The summed E-state index contributed by atoms with van der Waals surface area (Å²) in [4.78, 5) is 24.1. The molecule has 0 saturated carbocycles. The molecule has 0 bridgehead atoms. The third kappa shape index (κ3) is 3.51. The number of fused-ring (bicyclic) bond motifs is 1. The predicted octanol–water partition coefficient (Wildman–Crippen LogP) is 3.06. The zero-order valence-electron chi connectivity index (χ0n) is 13.5. The molecular weight excluding hydrogens is 302 g/mol. The first-order valence-electron chi connectivity index (χ1n) is 8.02. The van der Waals surface area contributed by atoms with Crippen LogP contribution in [0.3, 0.4) is 0 Å². The quantitative estimate of drug-likeness (QED) is 0.758. The average molecular weight is 321 g/mol. The molecule has 24 heavy (non-hydrogen) atoms. The first-order chi connectivity index (χ1) is 11.7. The molecule has 2 aromatic carbocycles. The molecule has 1 aromatic heterocycles. The molecule has 1 heterocycles. The molecule has 5 nitrogen and oxygen atoms in total. The maximum Gasteiger partial charge on any atom is 0.272 e. The molecule has 122 valence electrons. The highest BCUT2D eigenvalue weighted by Crippen LogP contribution is 2.15. The van der Waals surface area contributed by atoms with Gasteiger partial charge < -0.3 is 5.32 Å². The van der Waals surface area contributed by atoms with E-state index in [1.165, 1.54) is 5.56 Å². The summed E-state index contributed by atoms with van der Waals surface area (Å²) < 4.78 is 0. The number of hydrogen-bond acceptors (Lipinski definition) is 3. The van der Waals surface area contributed by atoms with E-state index in [2.05, 4.69) is 22.4 Å². The average Bonchev–Trinajstić information content (AvgIpc) is 2.60. The Labute approximate surface area is 139 Å². The Morgan fingerprint density at radius 2 is 1.79 bits per heavy atom. The first kappa shape index (κ1) is 15.9. The molecule has 1 amide bonds. The molecule has 0 atom stereocenters. The Balaban J connectivity index is 1.75. The van der Waals surface area contributed by atoms with Crippen LogP contribution >= 0.6 is 0 Å². The zero-order valence-corrected chi connectivity index (χ0v) is 13.5. The van der Waals surface area contributed by atoms with E-state index in [9.17, 15) is 9.59 Å². The molecule has 3 rings (SSSR count). The molecule has 3 aromatic rings. The summed E-state index contributed by atoms with van der Waals surface area (Å²) in [5.74, 6) is -0.164. The SMILES string of the molecule is CCCc1ccc(NC(=O)Cc2n[nH]c(=O)c3ccccc23)cc1. The monoisotopic (exact) mass is 321 g/mol. The third-order valence-electron chi connectivity index (χ3n) is 3.88. The van der Waals surface area contributed by atoms with Crippen LogP contribution in [0, 0.1) is 0 Å². The van der Waals surface area contributed by atoms with Crippen molar-refractivity contribution in [3.63, 3.8) is 0 Å². The van der Waals surface area contributed by atoms with E-state index in [4.69, 9.17) is 0 Å². The van der Waals surface area contributed by atoms with Gasteiger partial charge in [-0.1, -0.05) is 43.7 Å². The van der Waals surface area contributed by atoms with Crippen molar-refractivity contribution in [3.05, 3.63) is 70.1 Å². The number of hydrogen-bond donors (Lipinski definition) is 2. The summed E-state index contributed by atoms with van der Waals surface area (Å²) in [6.45, 7) is 2.14. The maximum atomic E-state index is 12.3. The molecule has 0 fully saturated rings. The molecule has 0 radical (unpaired) electrons. The van der Waals surface area contributed by atoms with E-state index in [-0.39, 0.29) is 17.9 Å². The minimum atomic E-state index is -0.249. The number of anilines is 1. The summed E-state index contributed by atoms with van der Waals surface area (Å²) in [5.41, 5.74) is 2.32. The maximum absolute atomic E-state index is 12.3. The van der Waals surface area contributed by atoms with Crippen molar-refractivity contribution in [2.24, 2.45) is 0 Å². The van der Waals surface area contributed by atoms with Crippen molar-refractivity contribution < 1.29 is 4.79 Å². The first-order valence-corrected chi connectivity index (χ1v) is 8.02. The van der Waals surface area contributed by atoms with Crippen LogP contribution < -0.4 is 10.9 Å². The lowest BCUT2D eigenvalue weighted by Gasteiger charge is -2.07. The number of H-pyrrole nitrogens is 1. The molecule has 0 aliphatic heterocycles. The number of rotatable bonds is 5. The second kappa shape index (κ2) is 7.08. The van der Waals surface area contributed by atoms with E-state index in [0.29, 0.717) is 16.5 Å². The highest BCUT2D eigenvalue weighted by Gasteiger charge is 2.10. The third-order valence-corrected chi connectivity index (χ3v) is 3.88. The molecule has 5 heteroatoms. The summed E-state index contributed by atoms with van der Waals surface area (Å²) in [7, 11) is 0. The largest absolute Gasteiger partial charge is 0.326 e. The van der Waals surface area contributed by atoms with Gasteiger partial charge in [0, 0.05) is 11.1 Å². The number of nitrogens with one attached hydrogen (secondary N) is 2. The highest BCUT2D eigenvalue weighted by atomic mass is 16.1. The Morgan fingerprint density at radius 3 is 2.50 bits per heavy atom. The van der Waals surface area contributed by atoms with Gasteiger partial charge in [-0.25, -0.2) is 5.10 Å². The molecular formula is C19H19N3O2. The summed E-state index contributed by atoms with van der Waals surface area (Å²) in [5, 5.41) is 10.6. The van der Waals surface area contributed by atoms with Crippen LogP contribution in [-0.2, 0) is 17.6 Å². The van der Waals surface area contributed by atoms with Gasteiger partial charge >= 0.3 is 0 Å². The lowest BCUT2D eigenvalue weighted by atomic mass is 10.1. The van der Waals surface area contributed by atoms with Gasteiger partial charge in [-0.2, -0.15) is 5.10 Å². The number of amides is 1. The van der Waals surface area contributed by atoms with Crippen LogP contribution in [0.2, 0.25) is 0 Å². The summed E-state index contributed by atoms with van der Waals surface area (Å²) >= 11 is 0. The second-order valence-electron chi connectivity index (χ2n) is 5.72. The fourth-order valence-electron chi connectivity index (χ4n) is 2.71. The number of aromatic nitrogens is 2. The molecule has 0 spiro atoms. The van der Waals surface area contributed by atoms with Gasteiger partial charge in [-0.05, 0) is 30.2 Å². The number of nitrogens with zero attached hydrogens (tertiary/aromatic N) is 1. The van der Waals surface area contributed by atoms with Crippen molar-refractivity contribution in [1.82, 2.24) is 10.2 Å². The topological polar surface area (TPSA) is 74.8 Å². The number of benzene rings is 2. The molecule has 0 saturated heterocycles. The van der Waals surface area contributed by atoms with E-state index in [1.54, 1.807) is 18.2 Å². The standard InChI is InChI=1S/C19H19N3O2/c1-2-5-13-8-10-14(11-9-13)20-18(23)12-17-15-6-3-4-7-16(15)19(24)22-21-17/h3-4,6-11H,2,5,12H2,1H3,(H,20,23)(H,22,24). The zero-order chi connectivity index (χ0) is 16.9. The molecule has 0 aliphatic rings. The van der Waals surface area contributed by atoms with Crippen molar-refractivity contribution in [3.8, 4) is 0 Å². The van der Waals surface area contributed by atoms with Crippen LogP contribution in [-0.4, -0.2) is 16.1 Å².